The van der Waals surface area contributed by atoms with Gasteiger partial charge in [-0.15, -0.1) is 10.2 Å². The van der Waals surface area contributed by atoms with Gasteiger partial charge >= 0.3 is 0 Å². The highest BCUT2D eigenvalue weighted by Crippen LogP contribution is 2.34. The van der Waals surface area contributed by atoms with Crippen LogP contribution in [0.4, 0.5) is 5.69 Å². The second-order valence-corrected chi connectivity index (χ2v) is 10.7. The van der Waals surface area contributed by atoms with E-state index in [9.17, 15) is 13.2 Å². The highest BCUT2D eigenvalue weighted by Gasteiger charge is 2.16. The Bertz CT molecular complexity index is 1520. The van der Waals surface area contributed by atoms with E-state index in [4.69, 9.17) is 9.47 Å². The molecule has 2 N–H and O–H groups in total. The maximum absolute atomic E-state index is 12.5. The average Bonchev–Trinajstić information content (AvgIpc) is 3.49. The summed E-state index contributed by atoms with van der Waals surface area (Å²) in [6, 6.07) is 15.3. The molecule has 0 bridgehead atoms. The quantitative estimate of drug-likeness (QED) is 0.315. The van der Waals surface area contributed by atoms with Crippen molar-refractivity contribution < 1.29 is 22.7 Å². The number of benzene rings is 2. The molecule has 3 heterocycles. The second-order valence-electron chi connectivity index (χ2n) is 7.92. The molecule has 1 aliphatic heterocycles. The smallest absolute Gasteiger partial charge is 0.240 e. The largest absolute Gasteiger partial charge is 0.454 e. The van der Waals surface area contributed by atoms with Crippen molar-refractivity contribution in [1.29, 1.82) is 0 Å². The van der Waals surface area contributed by atoms with Gasteiger partial charge in [-0.3, -0.25) is 4.79 Å². The van der Waals surface area contributed by atoms with E-state index in [1.807, 2.05) is 6.92 Å². The number of nitrogens with one attached hydrogen (secondary N) is 2. The van der Waals surface area contributed by atoms with Gasteiger partial charge in [0, 0.05) is 24.7 Å². The number of aryl methyl sites for hydroxylation is 1. The van der Waals surface area contributed by atoms with Crippen LogP contribution in [-0.4, -0.2) is 53.2 Å². The van der Waals surface area contributed by atoms with Crippen LogP contribution in [-0.2, 0) is 21.2 Å². The molecule has 0 aliphatic carbocycles. The summed E-state index contributed by atoms with van der Waals surface area (Å²) in [6.45, 7) is 2.19. The van der Waals surface area contributed by atoms with E-state index in [0.29, 0.717) is 33.7 Å². The van der Waals surface area contributed by atoms with Crippen LogP contribution in [0.3, 0.4) is 0 Å². The molecule has 0 fully saturated rings. The Hall–Kier alpha value is -3.68. The van der Waals surface area contributed by atoms with Crippen LogP contribution >= 0.6 is 11.8 Å². The summed E-state index contributed by atoms with van der Waals surface area (Å²) in [6.07, 6.45) is 0.290. The third-order valence-electron chi connectivity index (χ3n) is 5.28. The van der Waals surface area contributed by atoms with Gasteiger partial charge in [0.1, 0.15) is 5.03 Å². The van der Waals surface area contributed by atoms with Crippen LogP contribution in [0, 0.1) is 6.92 Å². The number of rotatable bonds is 9. The Kier molecular flexibility index (Phi) is 6.76. The first kappa shape index (κ1) is 24.0. The van der Waals surface area contributed by atoms with Crippen molar-refractivity contribution in [2.24, 2.45) is 0 Å². The lowest BCUT2D eigenvalue weighted by Gasteiger charge is -2.07. The maximum atomic E-state index is 12.5. The number of carbonyl (C=O) groups is 1. The van der Waals surface area contributed by atoms with E-state index >= 15 is 0 Å². The predicted octanol–water partition coefficient (Wildman–Crippen LogP) is 2.41. The number of fused-ring (bicyclic) bond motifs is 2. The van der Waals surface area contributed by atoms with Gasteiger partial charge in [-0.1, -0.05) is 29.5 Å². The zero-order chi connectivity index (χ0) is 25.1. The van der Waals surface area contributed by atoms with Crippen LogP contribution < -0.4 is 19.5 Å². The van der Waals surface area contributed by atoms with Gasteiger partial charge in [0.15, 0.2) is 23.0 Å². The number of hydrogen-bond donors (Lipinski definition) is 2. The van der Waals surface area contributed by atoms with E-state index in [0.717, 1.165) is 5.56 Å². The Balaban J connectivity index is 1.18. The fourth-order valence-electron chi connectivity index (χ4n) is 3.46. The Morgan fingerprint density at radius 3 is 2.69 bits per heavy atom. The Morgan fingerprint density at radius 1 is 1.06 bits per heavy atom. The number of hydrogen-bond acceptors (Lipinski definition) is 9. The van der Waals surface area contributed by atoms with Crippen molar-refractivity contribution in [3.05, 3.63) is 66.0 Å². The fraction of sp³-hybridized carbons (Fsp3) is 0.217. The molecule has 1 amide bonds. The van der Waals surface area contributed by atoms with Gasteiger partial charge in [0.05, 0.1) is 10.6 Å². The summed E-state index contributed by atoms with van der Waals surface area (Å²) in [4.78, 5) is 12.6. The molecule has 4 aromatic rings. The van der Waals surface area contributed by atoms with Gasteiger partial charge in [-0.05, 0) is 43.3 Å². The van der Waals surface area contributed by atoms with E-state index in [1.54, 1.807) is 59.1 Å². The summed E-state index contributed by atoms with van der Waals surface area (Å²) in [5.74, 6) is 1.68. The van der Waals surface area contributed by atoms with E-state index in [2.05, 4.69) is 25.3 Å². The summed E-state index contributed by atoms with van der Waals surface area (Å²) in [5, 5.41) is 16.1. The Labute approximate surface area is 211 Å². The number of aromatic nitrogens is 4. The first-order valence-electron chi connectivity index (χ1n) is 11.0. The zero-order valence-corrected chi connectivity index (χ0v) is 20.8. The second kappa shape index (κ2) is 10.1. The summed E-state index contributed by atoms with van der Waals surface area (Å²) in [5.41, 5.74) is 2.12. The lowest BCUT2D eigenvalue weighted by Crippen LogP contribution is -2.26. The van der Waals surface area contributed by atoms with E-state index in [1.165, 1.54) is 11.8 Å². The first-order valence-corrected chi connectivity index (χ1v) is 13.4. The molecule has 5 rings (SSSR count). The minimum atomic E-state index is -3.63. The number of sulfonamides is 1. The van der Waals surface area contributed by atoms with Crippen LogP contribution in [0.5, 0.6) is 11.5 Å². The minimum absolute atomic E-state index is 0.133. The van der Waals surface area contributed by atoms with Gasteiger partial charge in [0.25, 0.3) is 0 Å². The third-order valence-corrected chi connectivity index (χ3v) is 7.68. The lowest BCUT2D eigenvalue weighted by atomic mass is 10.2. The first-order chi connectivity index (χ1) is 17.4. The molecule has 2 aromatic carbocycles. The highest BCUT2D eigenvalue weighted by atomic mass is 32.2. The monoisotopic (exact) mass is 526 g/mol. The van der Waals surface area contributed by atoms with Crippen molar-refractivity contribution in [3.63, 3.8) is 0 Å². The summed E-state index contributed by atoms with van der Waals surface area (Å²) >= 11 is 1.26. The fourth-order valence-corrected chi connectivity index (χ4v) is 5.14. The van der Waals surface area contributed by atoms with Crippen LogP contribution in [0.15, 0.2) is 64.5 Å². The molecule has 0 saturated carbocycles. The molecule has 11 nitrogen and oxygen atoms in total. The topological polar surface area (TPSA) is 137 Å². The van der Waals surface area contributed by atoms with Crippen LogP contribution in [0.2, 0.25) is 0 Å². The van der Waals surface area contributed by atoms with Crippen molar-refractivity contribution >= 4 is 39.0 Å². The number of carbonyl (C=O) groups excluding carboxylic acids is 1. The SMILES string of the molecule is Cc1ccc(S(=O)(=O)NCCc2nnc3ccc(SCC(=O)Nc4ccc5c(c4)OCO5)nn23)cc1. The number of anilines is 1. The number of thioether (sulfide) groups is 1. The molecule has 0 atom stereocenters. The zero-order valence-electron chi connectivity index (χ0n) is 19.2. The molecule has 186 valence electrons. The van der Waals surface area contributed by atoms with Gasteiger partial charge in [-0.2, -0.15) is 9.61 Å². The Morgan fingerprint density at radius 2 is 1.86 bits per heavy atom. The molecule has 2 aromatic heterocycles. The average molecular weight is 527 g/mol. The van der Waals surface area contributed by atoms with Crippen molar-refractivity contribution in [2.45, 2.75) is 23.3 Å². The van der Waals surface area contributed by atoms with Crippen molar-refractivity contribution in [1.82, 2.24) is 24.5 Å². The van der Waals surface area contributed by atoms with Crippen molar-refractivity contribution in [3.8, 4) is 11.5 Å². The van der Waals surface area contributed by atoms with Gasteiger partial charge in [-0.25, -0.2) is 13.1 Å². The molecular formula is C23H22N6O5S2. The molecular weight excluding hydrogens is 504 g/mol. The number of amides is 1. The molecule has 1 aliphatic rings. The molecule has 0 radical (unpaired) electrons. The molecule has 13 heteroatoms. The molecule has 0 saturated heterocycles. The highest BCUT2D eigenvalue weighted by molar-refractivity contribution is 7.99. The predicted molar refractivity (Wildman–Crippen MR) is 133 cm³/mol. The van der Waals surface area contributed by atoms with Crippen LogP contribution in [0.1, 0.15) is 11.4 Å². The summed E-state index contributed by atoms with van der Waals surface area (Å²) < 4.78 is 39.7. The standard InChI is InChI=1S/C23H22N6O5S2/c1-15-2-5-17(6-3-15)36(31,32)24-11-10-21-27-26-20-8-9-23(28-29(20)21)35-13-22(30)25-16-4-7-18-19(12-16)34-14-33-18/h2-9,12,24H,10-11,13-14H2,1H3,(H,25,30). The van der Waals surface area contributed by atoms with Gasteiger partial charge < -0.3 is 14.8 Å². The van der Waals surface area contributed by atoms with Gasteiger partial charge in [0.2, 0.25) is 22.7 Å². The molecule has 0 unspecified atom stereocenters. The van der Waals surface area contributed by atoms with Crippen LogP contribution in [0.25, 0.3) is 5.65 Å². The summed E-state index contributed by atoms with van der Waals surface area (Å²) in [7, 11) is -3.63. The normalized spacial score (nSPS) is 12.7. The molecule has 36 heavy (non-hydrogen) atoms. The number of ether oxygens (including phenoxy) is 2. The maximum Gasteiger partial charge on any atom is 0.240 e. The van der Waals surface area contributed by atoms with E-state index in [-0.39, 0.29) is 36.3 Å². The van der Waals surface area contributed by atoms with Crippen molar-refractivity contribution in [2.75, 3.05) is 24.4 Å². The lowest BCUT2D eigenvalue weighted by molar-refractivity contribution is -0.113. The molecule has 0 spiro atoms. The van der Waals surface area contributed by atoms with E-state index < -0.39 is 10.0 Å². The number of nitrogens with zero attached hydrogens (tertiary/aromatic N) is 4. The minimum Gasteiger partial charge on any atom is -0.454 e. The third kappa shape index (κ3) is 5.42.